The van der Waals surface area contributed by atoms with E-state index in [1.54, 1.807) is 14.2 Å². The zero-order valence-electron chi connectivity index (χ0n) is 9.96. The number of rotatable bonds is 7. The van der Waals surface area contributed by atoms with E-state index in [4.69, 9.17) is 8.85 Å². The van der Waals surface area contributed by atoms with Crippen molar-refractivity contribution >= 4 is 14.7 Å². The number of ether oxygens (including phenoxy) is 1. The average Bonchev–Trinajstić information content (AvgIpc) is 2.30. The lowest BCUT2D eigenvalue weighted by Gasteiger charge is -2.25. The summed E-state index contributed by atoms with van der Waals surface area (Å²) < 4.78 is 15.3. The van der Waals surface area contributed by atoms with Gasteiger partial charge in [0.25, 0.3) is 0 Å². The van der Waals surface area contributed by atoms with Gasteiger partial charge in [-0.05, 0) is 18.5 Å². The van der Waals surface area contributed by atoms with E-state index in [0.29, 0.717) is 6.54 Å². The van der Waals surface area contributed by atoms with Crippen LogP contribution in [0.5, 0.6) is 0 Å². The lowest BCUT2D eigenvalue weighted by Crippen LogP contribution is -2.39. The highest BCUT2D eigenvalue weighted by Gasteiger charge is 2.32. The number of alkyl carbamates (subject to hydrolysis) is 1. The van der Waals surface area contributed by atoms with Crippen LogP contribution in [0, 0.1) is 0 Å². The second kappa shape index (κ2) is 7.67. The molecule has 0 unspecified atom stereocenters. The van der Waals surface area contributed by atoms with Gasteiger partial charge < -0.3 is 18.9 Å². The number of carbonyl (C=O) groups excluding carboxylic acids is 1. The Morgan fingerprint density at radius 2 is 1.87 bits per heavy atom. The smallest absolute Gasteiger partial charge is 0.406 e. The van der Waals surface area contributed by atoms with Gasteiger partial charge in [0.05, 0.1) is 7.11 Å². The van der Waals surface area contributed by atoms with Gasteiger partial charge in [-0.1, -0.05) is 6.92 Å². The lowest BCUT2D eigenvalue weighted by molar-refractivity contribution is 0.171. The molecule has 0 rings (SSSR count). The number of carbonyl (C=O) groups is 1. The molecule has 0 spiro atoms. The zero-order valence-corrected chi connectivity index (χ0v) is 11.0. The maximum absolute atomic E-state index is 10.8. The Hall–Kier alpha value is -0.593. The summed E-state index contributed by atoms with van der Waals surface area (Å²) in [5.74, 6) is 0. The second-order valence-electron chi connectivity index (χ2n) is 3.19. The number of hydrogen-bond acceptors (Lipinski definition) is 4. The van der Waals surface area contributed by atoms with E-state index in [-0.39, 0.29) is 0 Å². The van der Waals surface area contributed by atoms with Gasteiger partial charge in [-0.15, -0.1) is 0 Å². The normalized spacial score (nSPS) is 11.2. The number of amides is 1. The molecule has 0 radical (unpaired) electrons. The van der Waals surface area contributed by atoms with Gasteiger partial charge in [0.1, 0.15) is 0 Å². The lowest BCUT2D eigenvalue weighted by atomic mass is 10.5. The molecule has 0 aliphatic rings. The minimum Gasteiger partial charge on any atom is -0.453 e. The maximum atomic E-state index is 10.8. The minimum absolute atomic E-state index is 0.395. The monoisotopic (exact) mass is 235 g/mol. The van der Waals surface area contributed by atoms with Crippen LogP contribution >= 0.6 is 0 Å². The van der Waals surface area contributed by atoms with Crippen molar-refractivity contribution in [3.05, 3.63) is 0 Å². The summed E-state index contributed by atoms with van der Waals surface area (Å²) in [5, 5.41) is 2.63. The van der Waals surface area contributed by atoms with Crippen LogP contribution in [0.2, 0.25) is 12.1 Å². The van der Waals surface area contributed by atoms with Gasteiger partial charge in [0.2, 0.25) is 0 Å². The summed E-state index contributed by atoms with van der Waals surface area (Å²) in [7, 11) is 2.74. The molecule has 0 atom stereocenters. The first-order valence-electron chi connectivity index (χ1n) is 5.06. The van der Waals surface area contributed by atoms with Crippen LogP contribution in [0.15, 0.2) is 0 Å². The molecule has 0 aliphatic carbocycles. The predicted molar refractivity (Wildman–Crippen MR) is 60.1 cm³/mol. The molecule has 6 heteroatoms. The third kappa shape index (κ3) is 5.15. The summed E-state index contributed by atoms with van der Waals surface area (Å²) in [4.78, 5) is 10.8. The quantitative estimate of drug-likeness (QED) is 0.536. The Morgan fingerprint density at radius 3 is 2.27 bits per heavy atom. The number of hydrogen-bond donors (Lipinski definition) is 1. The predicted octanol–water partition coefficient (Wildman–Crippen LogP) is 1.49. The SMILES string of the molecule is CC[Si](CCCNC(=O)OC)(OC)OC. The molecule has 0 saturated carbocycles. The van der Waals surface area contributed by atoms with Gasteiger partial charge in [0.15, 0.2) is 0 Å². The van der Waals surface area contributed by atoms with Gasteiger partial charge in [0, 0.05) is 20.8 Å². The molecule has 5 nitrogen and oxygen atoms in total. The van der Waals surface area contributed by atoms with Crippen molar-refractivity contribution in [3.8, 4) is 0 Å². The molecule has 1 N–H and O–H groups in total. The van der Waals surface area contributed by atoms with E-state index in [1.165, 1.54) is 7.11 Å². The highest BCUT2D eigenvalue weighted by atomic mass is 28.4. The Bertz CT molecular complexity index is 177. The van der Waals surface area contributed by atoms with Crippen molar-refractivity contribution in [2.75, 3.05) is 27.9 Å². The number of nitrogens with one attached hydrogen (secondary N) is 1. The molecular weight excluding hydrogens is 214 g/mol. The van der Waals surface area contributed by atoms with Crippen molar-refractivity contribution in [1.82, 2.24) is 5.32 Å². The highest BCUT2D eigenvalue weighted by Crippen LogP contribution is 2.18. The Balaban J connectivity index is 3.76. The summed E-state index contributed by atoms with van der Waals surface area (Å²) in [6.45, 7) is 2.65. The van der Waals surface area contributed by atoms with Crippen LogP contribution in [-0.4, -0.2) is 42.5 Å². The molecule has 0 bridgehead atoms. The first-order chi connectivity index (χ1) is 7.14. The Kier molecular flexibility index (Phi) is 7.36. The van der Waals surface area contributed by atoms with Crippen LogP contribution in [-0.2, 0) is 13.6 Å². The van der Waals surface area contributed by atoms with Crippen molar-refractivity contribution in [3.63, 3.8) is 0 Å². The van der Waals surface area contributed by atoms with Crippen molar-refractivity contribution in [2.24, 2.45) is 0 Å². The second-order valence-corrected chi connectivity index (χ2v) is 7.04. The molecule has 0 heterocycles. The van der Waals surface area contributed by atoms with E-state index in [2.05, 4.69) is 17.0 Å². The summed E-state index contributed by atoms with van der Waals surface area (Å²) >= 11 is 0. The molecule has 90 valence electrons. The standard InChI is InChI=1S/C9H21NO4Si/c1-5-15(13-3,14-4)8-6-7-10-9(11)12-2/h5-8H2,1-4H3,(H,10,11). The van der Waals surface area contributed by atoms with Gasteiger partial charge in [-0.3, -0.25) is 0 Å². The Labute approximate surface area is 92.3 Å². The van der Waals surface area contributed by atoms with Crippen molar-refractivity contribution < 1.29 is 18.4 Å². The topological polar surface area (TPSA) is 56.8 Å². The summed E-state index contributed by atoms with van der Waals surface area (Å²) in [6, 6.07) is 1.79. The molecule has 0 saturated heterocycles. The van der Waals surface area contributed by atoms with Crippen molar-refractivity contribution in [2.45, 2.75) is 25.4 Å². The summed E-state index contributed by atoms with van der Waals surface area (Å²) in [6.07, 6.45) is 0.449. The van der Waals surface area contributed by atoms with E-state index in [9.17, 15) is 4.79 Å². The van der Waals surface area contributed by atoms with E-state index < -0.39 is 14.7 Å². The van der Waals surface area contributed by atoms with Crippen LogP contribution < -0.4 is 5.32 Å². The fourth-order valence-electron chi connectivity index (χ4n) is 1.37. The fourth-order valence-corrected chi connectivity index (χ4v) is 3.59. The van der Waals surface area contributed by atoms with E-state index >= 15 is 0 Å². The van der Waals surface area contributed by atoms with E-state index in [0.717, 1.165) is 18.5 Å². The molecule has 0 aromatic heterocycles. The van der Waals surface area contributed by atoms with Crippen LogP contribution in [0.1, 0.15) is 13.3 Å². The fraction of sp³-hybridized carbons (Fsp3) is 0.889. The largest absolute Gasteiger partial charge is 0.453 e. The van der Waals surface area contributed by atoms with Crippen molar-refractivity contribution in [1.29, 1.82) is 0 Å². The first-order valence-corrected chi connectivity index (χ1v) is 7.29. The molecule has 0 fully saturated rings. The first kappa shape index (κ1) is 14.4. The average molecular weight is 235 g/mol. The molecule has 0 aromatic rings. The zero-order chi connectivity index (χ0) is 11.7. The molecule has 1 amide bonds. The summed E-state index contributed by atoms with van der Waals surface area (Å²) in [5.41, 5.74) is 0. The molecule has 0 aliphatic heterocycles. The van der Waals surface area contributed by atoms with E-state index in [1.807, 2.05) is 0 Å². The number of methoxy groups -OCH3 is 1. The Morgan fingerprint density at radius 1 is 1.27 bits per heavy atom. The molecule has 0 aromatic carbocycles. The van der Waals surface area contributed by atoms with Gasteiger partial charge in [-0.25, -0.2) is 4.79 Å². The highest BCUT2D eigenvalue weighted by molar-refractivity contribution is 6.67. The maximum Gasteiger partial charge on any atom is 0.406 e. The molecular formula is C9H21NO4Si. The van der Waals surface area contributed by atoms with Crippen LogP contribution in [0.3, 0.4) is 0 Å². The third-order valence-electron chi connectivity index (χ3n) is 2.47. The van der Waals surface area contributed by atoms with Crippen LogP contribution in [0.25, 0.3) is 0 Å². The molecule has 15 heavy (non-hydrogen) atoms. The van der Waals surface area contributed by atoms with Gasteiger partial charge in [-0.2, -0.15) is 0 Å². The minimum atomic E-state index is -1.99. The third-order valence-corrected chi connectivity index (χ3v) is 6.15. The van der Waals surface area contributed by atoms with Crippen LogP contribution in [0.4, 0.5) is 4.79 Å². The van der Waals surface area contributed by atoms with Gasteiger partial charge >= 0.3 is 14.7 Å².